The molecular formula is C34H36BrClF2N6O4. The number of benzene rings is 1. The lowest BCUT2D eigenvalue weighted by molar-refractivity contribution is -0.164. The van der Waals surface area contributed by atoms with Crippen molar-refractivity contribution in [3.05, 3.63) is 46.9 Å². The maximum atomic E-state index is 16.8. The van der Waals surface area contributed by atoms with Crippen molar-refractivity contribution in [1.29, 1.82) is 0 Å². The minimum Gasteiger partial charge on any atom is -0.508 e. The molecule has 0 bridgehead atoms. The normalized spacial score (nSPS) is 25.3. The first-order valence-electron chi connectivity index (χ1n) is 16.5. The molecule has 10 nitrogen and oxygen atoms in total. The van der Waals surface area contributed by atoms with Gasteiger partial charge in [-0.1, -0.05) is 33.6 Å². The van der Waals surface area contributed by atoms with E-state index >= 15 is 4.39 Å². The number of amides is 1. The van der Waals surface area contributed by atoms with Crippen LogP contribution in [0.25, 0.3) is 22.2 Å². The van der Waals surface area contributed by atoms with E-state index in [-0.39, 0.29) is 41.4 Å². The Bertz CT molecular complexity index is 1810. The number of aromatic hydroxyl groups is 1. The number of aromatic nitrogens is 3. The molecule has 48 heavy (non-hydrogen) atoms. The molecule has 0 unspecified atom stereocenters. The number of allylic oxidation sites excluding steroid dienone is 1. The summed E-state index contributed by atoms with van der Waals surface area (Å²) in [7, 11) is 0. The molecule has 1 spiro atoms. The second-order valence-corrected chi connectivity index (χ2v) is 14.8. The number of pyridine rings is 1. The zero-order valence-corrected chi connectivity index (χ0v) is 28.6. The van der Waals surface area contributed by atoms with E-state index < -0.39 is 23.1 Å². The van der Waals surface area contributed by atoms with Gasteiger partial charge in [-0.05, 0) is 61.9 Å². The molecular weight excluding hydrogens is 710 g/mol. The van der Waals surface area contributed by atoms with Gasteiger partial charge in [-0.2, -0.15) is 9.97 Å². The predicted molar refractivity (Wildman–Crippen MR) is 180 cm³/mol. The highest BCUT2D eigenvalue weighted by Crippen LogP contribution is 2.49. The van der Waals surface area contributed by atoms with E-state index in [1.807, 2.05) is 9.80 Å². The maximum absolute atomic E-state index is 16.8. The average molecular weight is 746 g/mol. The molecule has 254 valence electrons. The molecule has 4 aliphatic heterocycles. The first kappa shape index (κ1) is 32.1. The van der Waals surface area contributed by atoms with Crippen molar-refractivity contribution in [3.63, 3.8) is 0 Å². The van der Waals surface area contributed by atoms with Crippen molar-refractivity contribution in [2.75, 3.05) is 62.8 Å². The van der Waals surface area contributed by atoms with Crippen LogP contribution in [0.1, 0.15) is 43.6 Å². The van der Waals surface area contributed by atoms with Crippen molar-refractivity contribution in [3.8, 4) is 23.0 Å². The van der Waals surface area contributed by atoms with Gasteiger partial charge in [0.15, 0.2) is 5.82 Å². The number of ether oxygens (including phenoxy) is 2. The molecule has 1 aliphatic carbocycles. The highest BCUT2D eigenvalue weighted by molar-refractivity contribution is 9.09. The number of phenols is 1. The van der Waals surface area contributed by atoms with Crippen LogP contribution in [0.2, 0.25) is 5.02 Å². The van der Waals surface area contributed by atoms with Gasteiger partial charge >= 0.3 is 6.01 Å². The van der Waals surface area contributed by atoms with Crippen LogP contribution in [-0.2, 0) is 9.53 Å². The zero-order valence-electron chi connectivity index (χ0n) is 26.3. The highest BCUT2D eigenvalue weighted by atomic mass is 79.9. The molecule has 14 heteroatoms. The first-order chi connectivity index (χ1) is 23.2. The molecule has 2 aromatic heterocycles. The lowest BCUT2D eigenvalue weighted by Crippen LogP contribution is -2.72. The van der Waals surface area contributed by atoms with E-state index in [2.05, 4.69) is 30.8 Å². The van der Waals surface area contributed by atoms with Gasteiger partial charge in [0.2, 0.25) is 5.91 Å². The van der Waals surface area contributed by atoms with Crippen LogP contribution in [0.3, 0.4) is 0 Å². The van der Waals surface area contributed by atoms with E-state index in [9.17, 15) is 14.3 Å². The number of carbonyl (C=O) groups is 1. The Morgan fingerprint density at radius 2 is 2.06 bits per heavy atom. The highest BCUT2D eigenvalue weighted by Gasteiger charge is 2.51. The standard InChI is InChI=1S/C34H36BrClF2N6O4/c35-7-1-3-26(46)44-10-9-42(16-34(44)17-47-18-34)31-24-14-39-29(23-11-22(45)12-25(36)27(23)20-4-5-20)28(38)30(24)40-32(41-31)48-19-33-6-2-8-43(33)15-21(37)13-33/h1,3,11-12,14,20-21,45H,2,4-10,13,15-19H2/b3-1+/t21-,33+/m1/s1. The van der Waals surface area contributed by atoms with E-state index in [0.29, 0.717) is 72.9 Å². The van der Waals surface area contributed by atoms with Gasteiger partial charge in [-0.15, -0.1) is 0 Å². The minimum absolute atomic E-state index is 0.00823. The molecule has 0 radical (unpaired) electrons. The fourth-order valence-corrected chi connectivity index (χ4v) is 8.63. The molecule has 1 aromatic carbocycles. The van der Waals surface area contributed by atoms with Crippen molar-refractivity contribution >= 4 is 50.2 Å². The van der Waals surface area contributed by atoms with Gasteiger partial charge in [-0.25, -0.2) is 8.78 Å². The van der Waals surface area contributed by atoms with Crippen molar-refractivity contribution in [2.24, 2.45) is 0 Å². The smallest absolute Gasteiger partial charge is 0.319 e. The third-order valence-electron chi connectivity index (χ3n) is 10.5. The van der Waals surface area contributed by atoms with E-state index in [1.165, 1.54) is 12.1 Å². The van der Waals surface area contributed by atoms with Crippen LogP contribution < -0.4 is 9.64 Å². The summed E-state index contributed by atoms with van der Waals surface area (Å²) in [6, 6.07) is 2.96. The number of hydrogen-bond donors (Lipinski definition) is 1. The minimum atomic E-state index is -0.924. The SMILES string of the molecule is O=C(/C=C/CBr)N1CCN(c2nc(OC[C@@]34CCCN3C[C@H](F)C4)nc3c(F)c(-c4cc(O)cc(Cl)c4C4CC4)ncc23)CC12COC2. The van der Waals surface area contributed by atoms with E-state index in [1.54, 1.807) is 18.3 Å². The fourth-order valence-electron chi connectivity index (χ4n) is 8.07. The number of hydrogen-bond acceptors (Lipinski definition) is 9. The van der Waals surface area contributed by atoms with E-state index in [4.69, 9.17) is 26.1 Å². The van der Waals surface area contributed by atoms with Gasteiger partial charge in [-0.3, -0.25) is 14.7 Å². The summed E-state index contributed by atoms with van der Waals surface area (Å²) in [5, 5.41) is 11.8. The fraction of sp³-hybridized carbons (Fsp3) is 0.529. The summed E-state index contributed by atoms with van der Waals surface area (Å²) in [6.07, 6.45) is 7.94. The molecule has 1 saturated carbocycles. The maximum Gasteiger partial charge on any atom is 0.319 e. The van der Waals surface area contributed by atoms with Crippen molar-refractivity contribution in [1.82, 2.24) is 24.8 Å². The molecule has 2 atom stereocenters. The Kier molecular flexibility index (Phi) is 8.24. The summed E-state index contributed by atoms with van der Waals surface area (Å²) < 4.78 is 43.3. The lowest BCUT2D eigenvalue weighted by Gasteiger charge is -2.55. The second-order valence-electron chi connectivity index (χ2n) is 13.7. The average Bonchev–Trinajstić information content (AvgIpc) is 3.74. The predicted octanol–water partition coefficient (Wildman–Crippen LogP) is 5.39. The number of piperazine rings is 1. The number of nitrogens with zero attached hydrogens (tertiary/aromatic N) is 6. The molecule has 3 aromatic rings. The van der Waals surface area contributed by atoms with Gasteiger partial charge in [0, 0.05) is 54.7 Å². The molecule has 5 aliphatic rings. The van der Waals surface area contributed by atoms with Crippen LogP contribution in [0.15, 0.2) is 30.5 Å². The van der Waals surface area contributed by atoms with E-state index in [0.717, 1.165) is 37.8 Å². The summed E-state index contributed by atoms with van der Waals surface area (Å²) in [5.41, 5.74) is 0.229. The Morgan fingerprint density at radius 1 is 1.23 bits per heavy atom. The van der Waals surface area contributed by atoms with Crippen LogP contribution in [0.5, 0.6) is 11.8 Å². The molecule has 6 heterocycles. The summed E-state index contributed by atoms with van der Waals surface area (Å²) in [5.74, 6) is -0.249. The van der Waals surface area contributed by atoms with Gasteiger partial charge < -0.3 is 24.4 Å². The van der Waals surface area contributed by atoms with Crippen molar-refractivity contribution < 1.29 is 28.2 Å². The number of phenolic OH excluding ortho intramolecular Hbond substituents is 1. The zero-order chi connectivity index (χ0) is 33.2. The summed E-state index contributed by atoms with van der Waals surface area (Å²) >= 11 is 9.91. The Hall–Kier alpha value is -3.13. The number of alkyl halides is 2. The summed E-state index contributed by atoms with van der Waals surface area (Å²) in [4.78, 5) is 33.2. The van der Waals surface area contributed by atoms with Crippen LogP contribution in [0.4, 0.5) is 14.6 Å². The van der Waals surface area contributed by atoms with Gasteiger partial charge in [0.05, 0.1) is 24.1 Å². The van der Waals surface area contributed by atoms with Crippen LogP contribution in [-0.4, -0.2) is 111 Å². The number of halogens is 4. The third kappa shape index (κ3) is 5.50. The number of fused-ring (bicyclic) bond motifs is 2. The molecule has 8 rings (SSSR count). The molecule has 4 saturated heterocycles. The second kappa shape index (κ2) is 12.3. The monoisotopic (exact) mass is 744 g/mol. The van der Waals surface area contributed by atoms with Gasteiger partial charge in [0.1, 0.15) is 41.1 Å². The Morgan fingerprint density at radius 3 is 2.81 bits per heavy atom. The number of anilines is 1. The third-order valence-corrected chi connectivity index (χ3v) is 11.2. The van der Waals surface area contributed by atoms with Gasteiger partial charge in [0.25, 0.3) is 0 Å². The van der Waals surface area contributed by atoms with Crippen LogP contribution >= 0.6 is 27.5 Å². The summed E-state index contributed by atoms with van der Waals surface area (Å²) in [6.45, 7) is 3.36. The Labute approximate surface area is 290 Å². The quantitative estimate of drug-likeness (QED) is 0.240. The molecule has 1 N–H and O–H groups in total. The molecule has 5 fully saturated rings. The largest absolute Gasteiger partial charge is 0.508 e. The lowest BCUT2D eigenvalue weighted by atomic mass is 9.91. The van der Waals surface area contributed by atoms with Crippen molar-refractivity contribution in [2.45, 2.75) is 55.3 Å². The first-order valence-corrected chi connectivity index (χ1v) is 18.0. The molecule has 1 amide bonds. The number of carbonyl (C=O) groups excluding carboxylic acids is 1. The Balaban J connectivity index is 1.21. The topological polar surface area (TPSA) is 104 Å². The van der Waals surface area contributed by atoms with Crippen LogP contribution in [0, 0.1) is 5.82 Å². The number of rotatable bonds is 8.